The Bertz CT molecular complexity index is 1050. The van der Waals surface area contributed by atoms with Gasteiger partial charge in [-0.1, -0.05) is 42.5 Å². The fraction of sp³-hybridized carbons (Fsp3) is 0.100. The molecular weight excluding hydrogens is 300 g/mol. The van der Waals surface area contributed by atoms with E-state index in [1.165, 1.54) is 5.56 Å². The van der Waals surface area contributed by atoms with Crippen molar-refractivity contribution in [2.45, 2.75) is 13.0 Å². The molecule has 0 amide bonds. The third kappa shape index (κ3) is 1.68. The molecule has 2 aromatic carbocycles. The highest BCUT2D eigenvalue weighted by Gasteiger charge is 2.30. The minimum absolute atomic E-state index is 0.366. The van der Waals surface area contributed by atoms with Gasteiger partial charge in [0.1, 0.15) is 0 Å². The monoisotopic (exact) mass is 314 g/mol. The van der Waals surface area contributed by atoms with Gasteiger partial charge in [-0.25, -0.2) is 9.78 Å². The molecule has 5 rings (SSSR count). The molecule has 0 aliphatic carbocycles. The number of carboxylic acid groups (broad SMARTS) is 1. The van der Waals surface area contributed by atoms with Gasteiger partial charge in [0.25, 0.3) is 0 Å². The van der Waals surface area contributed by atoms with E-state index in [0.29, 0.717) is 17.5 Å². The average molecular weight is 314 g/mol. The number of pyridine rings is 1. The number of benzene rings is 2. The molecule has 1 N–H and O–H groups in total. The molecule has 4 nitrogen and oxygen atoms in total. The van der Waals surface area contributed by atoms with Crippen LogP contribution in [0.5, 0.6) is 0 Å². The minimum atomic E-state index is -0.898. The number of hydrogen-bond acceptors (Lipinski definition) is 3. The van der Waals surface area contributed by atoms with Gasteiger partial charge in [0, 0.05) is 22.7 Å². The molecule has 2 aliphatic heterocycles. The fourth-order valence-corrected chi connectivity index (χ4v) is 3.84. The van der Waals surface area contributed by atoms with Crippen LogP contribution in [0.3, 0.4) is 0 Å². The van der Waals surface area contributed by atoms with Gasteiger partial charge in [-0.2, -0.15) is 0 Å². The Labute approximate surface area is 138 Å². The maximum Gasteiger partial charge on any atom is 0.336 e. The first-order chi connectivity index (χ1) is 11.7. The highest BCUT2D eigenvalue weighted by molar-refractivity contribution is 6.07. The molecule has 0 saturated heterocycles. The number of aromatic nitrogens is 1. The molecule has 2 aliphatic rings. The number of anilines is 1. The number of para-hydroxylation sites is 2. The number of hydrogen-bond donors (Lipinski definition) is 1. The van der Waals surface area contributed by atoms with Crippen molar-refractivity contribution in [1.29, 1.82) is 0 Å². The van der Waals surface area contributed by atoms with Crippen molar-refractivity contribution in [3.8, 4) is 11.3 Å². The quantitative estimate of drug-likeness (QED) is 0.738. The summed E-state index contributed by atoms with van der Waals surface area (Å²) in [5.41, 5.74) is 6.12. The Morgan fingerprint density at radius 2 is 2.00 bits per heavy atom. The molecule has 0 fully saturated rings. The van der Waals surface area contributed by atoms with Crippen molar-refractivity contribution in [3.63, 3.8) is 0 Å². The summed E-state index contributed by atoms with van der Waals surface area (Å²) in [7, 11) is 0. The summed E-state index contributed by atoms with van der Waals surface area (Å²) < 4.78 is 0. The summed E-state index contributed by atoms with van der Waals surface area (Å²) in [6.07, 6.45) is 5.07. The van der Waals surface area contributed by atoms with Gasteiger partial charge in [-0.05, 0) is 18.1 Å². The van der Waals surface area contributed by atoms with E-state index in [9.17, 15) is 9.90 Å². The predicted octanol–water partition coefficient (Wildman–Crippen LogP) is 3.99. The van der Waals surface area contributed by atoms with Crippen LogP contribution in [-0.4, -0.2) is 16.1 Å². The van der Waals surface area contributed by atoms with Crippen LogP contribution in [-0.2, 0) is 13.0 Å². The maximum atomic E-state index is 12.0. The molecule has 3 heterocycles. The summed E-state index contributed by atoms with van der Waals surface area (Å²) in [5, 5.41) is 10.5. The summed E-state index contributed by atoms with van der Waals surface area (Å²) in [4.78, 5) is 19.0. The van der Waals surface area contributed by atoms with Crippen LogP contribution in [0.1, 0.15) is 21.5 Å². The van der Waals surface area contributed by atoms with E-state index in [4.69, 9.17) is 4.98 Å². The minimum Gasteiger partial charge on any atom is -0.478 e. The van der Waals surface area contributed by atoms with Crippen molar-refractivity contribution in [3.05, 3.63) is 71.4 Å². The van der Waals surface area contributed by atoms with Crippen molar-refractivity contribution >= 4 is 22.6 Å². The van der Waals surface area contributed by atoms with Crippen molar-refractivity contribution in [2.24, 2.45) is 0 Å². The average Bonchev–Trinajstić information content (AvgIpc) is 2.60. The third-order valence-corrected chi connectivity index (χ3v) is 4.82. The first-order valence-electron chi connectivity index (χ1n) is 7.94. The summed E-state index contributed by atoms with van der Waals surface area (Å²) >= 11 is 0. The smallest absolute Gasteiger partial charge is 0.336 e. The molecule has 0 bridgehead atoms. The molecule has 0 radical (unpaired) electrons. The molecule has 24 heavy (non-hydrogen) atoms. The zero-order valence-corrected chi connectivity index (χ0v) is 12.9. The topological polar surface area (TPSA) is 53.4 Å². The van der Waals surface area contributed by atoms with E-state index < -0.39 is 5.97 Å². The number of carbonyl (C=O) groups is 1. The van der Waals surface area contributed by atoms with Gasteiger partial charge in [-0.3, -0.25) is 0 Å². The Hall–Kier alpha value is -3.14. The Morgan fingerprint density at radius 1 is 1.12 bits per heavy atom. The number of aromatic carboxylic acids is 1. The number of carboxylic acids is 1. The van der Waals surface area contributed by atoms with Gasteiger partial charge in [-0.15, -0.1) is 0 Å². The van der Waals surface area contributed by atoms with E-state index in [2.05, 4.69) is 23.2 Å². The SMILES string of the molecule is O=C(O)c1c2c(nc3ccccc13)-c1cccc3c1N(C=CC3)C2. The van der Waals surface area contributed by atoms with Crippen molar-refractivity contribution < 1.29 is 9.90 Å². The molecule has 4 heteroatoms. The van der Waals surface area contributed by atoms with Crippen LogP contribution >= 0.6 is 0 Å². The van der Waals surface area contributed by atoms with E-state index in [1.54, 1.807) is 0 Å². The van der Waals surface area contributed by atoms with Crippen LogP contribution in [0.2, 0.25) is 0 Å². The van der Waals surface area contributed by atoms with Crippen molar-refractivity contribution in [2.75, 3.05) is 4.90 Å². The van der Waals surface area contributed by atoms with Gasteiger partial charge < -0.3 is 10.0 Å². The lowest BCUT2D eigenvalue weighted by Crippen LogP contribution is -2.26. The molecule has 1 aromatic heterocycles. The molecular formula is C20H14N2O2. The predicted molar refractivity (Wildman–Crippen MR) is 93.2 cm³/mol. The van der Waals surface area contributed by atoms with Crippen LogP contribution in [0, 0.1) is 0 Å². The third-order valence-electron chi connectivity index (χ3n) is 4.82. The molecule has 0 spiro atoms. The lowest BCUT2D eigenvalue weighted by atomic mass is 9.89. The van der Waals surface area contributed by atoms with E-state index in [-0.39, 0.29) is 0 Å². The number of rotatable bonds is 1. The molecule has 0 saturated carbocycles. The van der Waals surface area contributed by atoms with Gasteiger partial charge in [0.15, 0.2) is 0 Å². The lowest BCUT2D eigenvalue weighted by molar-refractivity contribution is 0.0698. The second-order valence-corrected chi connectivity index (χ2v) is 6.17. The van der Waals surface area contributed by atoms with E-state index >= 15 is 0 Å². The van der Waals surface area contributed by atoms with Crippen molar-refractivity contribution in [1.82, 2.24) is 4.98 Å². The number of nitrogens with zero attached hydrogens (tertiary/aromatic N) is 2. The zero-order chi connectivity index (χ0) is 16.3. The Morgan fingerprint density at radius 3 is 2.88 bits per heavy atom. The molecule has 3 aromatic rings. The Kier molecular flexibility index (Phi) is 2.59. The van der Waals surface area contributed by atoms with Crippen LogP contribution in [0.15, 0.2) is 54.7 Å². The second-order valence-electron chi connectivity index (χ2n) is 6.17. The highest BCUT2D eigenvalue weighted by Crippen LogP contribution is 2.44. The van der Waals surface area contributed by atoms with Crippen LogP contribution < -0.4 is 4.90 Å². The van der Waals surface area contributed by atoms with Gasteiger partial charge in [0.05, 0.1) is 29.0 Å². The molecule has 0 atom stereocenters. The lowest BCUT2D eigenvalue weighted by Gasteiger charge is -2.34. The van der Waals surface area contributed by atoms with Crippen LogP contribution in [0.4, 0.5) is 5.69 Å². The summed E-state index contributed by atoms with van der Waals surface area (Å²) in [5.74, 6) is -0.898. The number of allylic oxidation sites excluding steroid dienone is 1. The largest absolute Gasteiger partial charge is 0.478 e. The van der Waals surface area contributed by atoms with E-state index in [1.807, 2.05) is 36.4 Å². The zero-order valence-electron chi connectivity index (χ0n) is 12.9. The first-order valence-corrected chi connectivity index (χ1v) is 7.94. The van der Waals surface area contributed by atoms with Gasteiger partial charge in [0.2, 0.25) is 0 Å². The van der Waals surface area contributed by atoms with E-state index in [0.717, 1.165) is 34.4 Å². The normalized spacial score (nSPS) is 14.4. The maximum absolute atomic E-state index is 12.0. The standard InChI is InChI=1S/C20H14N2O2/c23-20(24)17-13-7-1-2-9-16(13)21-18-14-8-3-5-12-6-4-10-22(19(12)14)11-15(17)18/h1-5,7-10H,6,11H2,(H,23,24). The van der Waals surface area contributed by atoms with Crippen LogP contribution in [0.25, 0.3) is 22.2 Å². The summed E-state index contributed by atoms with van der Waals surface area (Å²) in [6, 6.07) is 13.7. The van der Waals surface area contributed by atoms with Gasteiger partial charge >= 0.3 is 5.97 Å². The highest BCUT2D eigenvalue weighted by atomic mass is 16.4. The summed E-state index contributed by atoms with van der Waals surface area (Å²) in [6.45, 7) is 0.537. The number of fused-ring (bicyclic) bond motifs is 3. The molecule has 116 valence electrons. The second kappa shape index (κ2) is 4.68. The Balaban J connectivity index is 1.93. The molecule has 0 unspecified atom stereocenters. The fourth-order valence-electron chi connectivity index (χ4n) is 3.84. The first kappa shape index (κ1) is 13.3.